The number of rotatable bonds is 4. The van der Waals surface area contributed by atoms with Crippen molar-refractivity contribution in [2.45, 2.75) is 26.3 Å². The number of hydrogen-bond donors (Lipinski definition) is 1. The predicted octanol–water partition coefficient (Wildman–Crippen LogP) is 2.72. The van der Waals surface area contributed by atoms with E-state index in [1.165, 1.54) is 0 Å². The van der Waals surface area contributed by atoms with Gasteiger partial charge in [-0.2, -0.15) is 0 Å². The van der Waals surface area contributed by atoms with Gasteiger partial charge in [0.15, 0.2) is 5.82 Å². The third kappa shape index (κ3) is 2.99. The lowest BCUT2D eigenvalue weighted by molar-refractivity contribution is 0.376. The summed E-state index contributed by atoms with van der Waals surface area (Å²) in [6.45, 7) is 3.88. The molecule has 6 heteroatoms. The summed E-state index contributed by atoms with van der Waals surface area (Å²) in [6.07, 6.45) is 3.93. The number of aromatic nitrogens is 5. The molecule has 0 bridgehead atoms. The maximum atomic E-state index is 4.63. The molecule has 0 fully saturated rings. The van der Waals surface area contributed by atoms with Gasteiger partial charge in [-0.25, -0.2) is 9.97 Å². The Labute approximate surface area is 141 Å². The van der Waals surface area contributed by atoms with Gasteiger partial charge >= 0.3 is 0 Å². The highest BCUT2D eigenvalue weighted by Crippen LogP contribution is 2.21. The van der Waals surface area contributed by atoms with Crippen molar-refractivity contribution in [3.05, 3.63) is 54.2 Å². The fourth-order valence-electron chi connectivity index (χ4n) is 3.13. The van der Waals surface area contributed by atoms with Crippen molar-refractivity contribution >= 4 is 5.82 Å². The van der Waals surface area contributed by atoms with E-state index in [1.54, 1.807) is 6.20 Å². The van der Waals surface area contributed by atoms with E-state index in [4.69, 9.17) is 0 Å². The van der Waals surface area contributed by atoms with E-state index in [1.807, 2.05) is 43.3 Å². The van der Waals surface area contributed by atoms with Crippen molar-refractivity contribution in [3.63, 3.8) is 0 Å². The van der Waals surface area contributed by atoms with Crippen molar-refractivity contribution in [1.29, 1.82) is 0 Å². The summed E-state index contributed by atoms with van der Waals surface area (Å²) in [7, 11) is 0. The molecule has 122 valence electrons. The lowest BCUT2D eigenvalue weighted by atomic mass is 9.99. The molecule has 1 aromatic carbocycles. The Balaban J connectivity index is 1.43. The van der Waals surface area contributed by atoms with Gasteiger partial charge in [0.2, 0.25) is 0 Å². The molecule has 1 aliphatic rings. The molecule has 1 unspecified atom stereocenters. The van der Waals surface area contributed by atoms with Crippen molar-refractivity contribution in [3.8, 4) is 11.4 Å². The van der Waals surface area contributed by atoms with Crippen LogP contribution >= 0.6 is 0 Å². The van der Waals surface area contributed by atoms with Crippen LogP contribution in [-0.4, -0.2) is 31.3 Å². The van der Waals surface area contributed by atoms with Crippen LogP contribution in [0.4, 0.5) is 5.82 Å². The first-order chi connectivity index (χ1) is 11.8. The summed E-state index contributed by atoms with van der Waals surface area (Å²) in [5.74, 6) is 4.29. The van der Waals surface area contributed by atoms with Crippen molar-refractivity contribution in [2.24, 2.45) is 5.92 Å². The van der Waals surface area contributed by atoms with Gasteiger partial charge in [0, 0.05) is 31.3 Å². The maximum Gasteiger partial charge on any atom is 0.161 e. The molecule has 0 saturated heterocycles. The zero-order valence-electron chi connectivity index (χ0n) is 13.7. The number of nitrogens with one attached hydrogen (secondary N) is 1. The highest BCUT2D eigenvalue weighted by molar-refractivity contribution is 5.56. The van der Waals surface area contributed by atoms with Gasteiger partial charge in [-0.3, -0.25) is 0 Å². The molecule has 0 radical (unpaired) electrons. The largest absolute Gasteiger partial charge is 0.370 e. The Kier molecular flexibility index (Phi) is 3.94. The van der Waals surface area contributed by atoms with Crippen LogP contribution in [0, 0.1) is 12.8 Å². The summed E-state index contributed by atoms with van der Waals surface area (Å²) in [4.78, 5) is 8.99. The predicted molar refractivity (Wildman–Crippen MR) is 92.5 cm³/mol. The molecule has 2 aromatic heterocycles. The molecule has 0 spiro atoms. The molecule has 0 amide bonds. The first-order valence-electron chi connectivity index (χ1n) is 8.30. The third-order valence-electron chi connectivity index (χ3n) is 4.49. The molecule has 4 rings (SSSR count). The molecule has 3 heterocycles. The van der Waals surface area contributed by atoms with Crippen molar-refractivity contribution in [1.82, 2.24) is 24.7 Å². The van der Waals surface area contributed by atoms with E-state index in [9.17, 15) is 0 Å². The Morgan fingerprint density at radius 3 is 2.92 bits per heavy atom. The van der Waals surface area contributed by atoms with E-state index < -0.39 is 0 Å². The normalized spacial score (nSPS) is 16.6. The van der Waals surface area contributed by atoms with Crippen LogP contribution < -0.4 is 5.32 Å². The smallest absolute Gasteiger partial charge is 0.161 e. The van der Waals surface area contributed by atoms with Gasteiger partial charge < -0.3 is 9.88 Å². The Morgan fingerprint density at radius 2 is 2.04 bits per heavy atom. The number of fused-ring (bicyclic) bond motifs is 1. The summed E-state index contributed by atoms with van der Waals surface area (Å²) in [5, 5.41) is 11.9. The number of aryl methyl sites for hydroxylation is 2. The van der Waals surface area contributed by atoms with Gasteiger partial charge in [0.1, 0.15) is 17.5 Å². The van der Waals surface area contributed by atoms with E-state index in [0.717, 1.165) is 54.8 Å². The van der Waals surface area contributed by atoms with Gasteiger partial charge in [0.05, 0.1) is 0 Å². The first kappa shape index (κ1) is 14.8. The highest BCUT2D eigenvalue weighted by Gasteiger charge is 2.21. The molecule has 1 atom stereocenters. The van der Waals surface area contributed by atoms with Crippen LogP contribution in [0.5, 0.6) is 0 Å². The summed E-state index contributed by atoms with van der Waals surface area (Å²) in [6, 6.07) is 12.0. The second kappa shape index (κ2) is 6.39. The molecule has 0 saturated carbocycles. The maximum absolute atomic E-state index is 4.63. The number of benzene rings is 1. The lowest BCUT2D eigenvalue weighted by Crippen LogP contribution is -2.27. The number of hydrogen-bond acceptors (Lipinski definition) is 5. The lowest BCUT2D eigenvalue weighted by Gasteiger charge is -2.24. The minimum absolute atomic E-state index is 0.558. The van der Waals surface area contributed by atoms with Crippen LogP contribution in [0.1, 0.15) is 18.1 Å². The summed E-state index contributed by atoms with van der Waals surface area (Å²) < 4.78 is 2.23. The van der Waals surface area contributed by atoms with E-state index in [-0.39, 0.29) is 0 Å². The second-order valence-electron chi connectivity index (χ2n) is 6.19. The van der Waals surface area contributed by atoms with Crippen LogP contribution in [0.2, 0.25) is 0 Å². The van der Waals surface area contributed by atoms with Crippen LogP contribution in [0.3, 0.4) is 0 Å². The fourth-order valence-corrected chi connectivity index (χ4v) is 3.13. The molecule has 1 N–H and O–H groups in total. The van der Waals surface area contributed by atoms with Crippen LogP contribution in [-0.2, 0) is 13.0 Å². The van der Waals surface area contributed by atoms with Crippen LogP contribution in [0.25, 0.3) is 11.4 Å². The molecule has 24 heavy (non-hydrogen) atoms. The molecular weight excluding hydrogens is 300 g/mol. The fraction of sp³-hybridized carbons (Fsp3) is 0.333. The zero-order valence-corrected chi connectivity index (χ0v) is 13.7. The van der Waals surface area contributed by atoms with E-state index in [0.29, 0.717) is 5.92 Å². The molecule has 6 nitrogen and oxygen atoms in total. The van der Waals surface area contributed by atoms with Crippen molar-refractivity contribution < 1.29 is 0 Å². The average Bonchev–Trinajstić information content (AvgIpc) is 3.02. The van der Waals surface area contributed by atoms with Crippen LogP contribution in [0.15, 0.2) is 42.6 Å². The number of nitrogens with zero attached hydrogens (tertiary/aromatic N) is 5. The van der Waals surface area contributed by atoms with Gasteiger partial charge in [-0.15, -0.1) is 10.2 Å². The van der Waals surface area contributed by atoms with Gasteiger partial charge in [0.25, 0.3) is 0 Å². The summed E-state index contributed by atoms with van der Waals surface area (Å²) in [5.41, 5.74) is 1.03. The summed E-state index contributed by atoms with van der Waals surface area (Å²) >= 11 is 0. The SMILES string of the molecule is Cc1nnc2n1CC(CNc1ccnc(-c3ccccc3)n1)CC2. The minimum Gasteiger partial charge on any atom is -0.370 e. The Bertz CT molecular complexity index is 827. The van der Waals surface area contributed by atoms with E-state index >= 15 is 0 Å². The molecule has 1 aliphatic heterocycles. The number of anilines is 1. The Hall–Kier alpha value is -2.76. The van der Waals surface area contributed by atoms with Crippen molar-refractivity contribution in [2.75, 3.05) is 11.9 Å². The van der Waals surface area contributed by atoms with Gasteiger partial charge in [-0.1, -0.05) is 30.3 Å². The molecular formula is C18H20N6. The Morgan fingerprint density at radius 1 is 1.17 bits per heavy atom. The highest BCUT2D eigenvalue weighted by atomic mass is 15.3. The van der Waals surface area contributed by atoms with Gasteiger partial charge in [-0.05, 0) is 25.3 Å². The topological polar surface area (TPSA) is 68.5 Å². The molecule has 0 aliphatic carbocycles. The van der Waals surface area contributed by atoms with E-state index in [2.05, 4.69) is 30.0 Å². The quantitative estimate of drug-likeness (QED) is 0.800. The average molecular weight is 320 g/mol. The minimum atomic E-state index is 0.558. The standard InChI is InChI=1S/C18H20N6/c1-13-22-23-17-8-7-14(12-24(13)17)11-20-16-9-10-19-18(21-16)15-5-3-2-4-6-15/h2-6,9-10,14H,7-8,11-12H2,1H3,(H,19,20,21). The zero-order chi connectivity index (χ0) is 16.4. The molecule has 3 aromatic rings. The second-order valence-corrected chi connectivity index (χ2v) is 6.19. The first-order valence-corrected chi connectivity index (χ1v) is 8.30. The third-order valence-corrected chi connectivity index (χ3v) is 4.49. The monoisotopic (exact) mass is 320 g/mol.